The third-order valence-corrected chi connectivity index (χ3v) is 4.38. The molecule has 1 aromatic rings. The zero-order valence-corrected chi connectivity index (χ0v) is 11.6. The maximum atomic E-state index is 11.8. The van der Waals surface area contributed by atoms with Crippen LogP contribution in [0.2, 0.25) is 0 Å². The standard InChI is InChI=1S/C11H13BrN2OS/c1-3-8(4-5-13)14-11(15)9-6-7(2)10(12)16-9/h6,8H,3-4H2,1-2H3,(H,14,15). The van der Waals surface area contributed by atoms with Gasteiger partial charge in [0.15, 0.2) is 0 Å². The van der Waals surface area contributed by atoms with Crippen molar-refractivity contribution in [3.63, 3.8) is 0 Å². The monoisotopic (exact) mass is 300 g/mol. The fourth-order valence-corrected chi connectivity index (χ4v) is 2.67. The third kappa shape index (κ3) is 3.32. The highest BCUT2D eigenvalue weighted by Crippen LogP contribution is 2.27. The first kappa shape index (κ1) is 13.2. The van der Waals surface area contributed by atoms with Crippen LogP contribution in [0, 0.1) is 18.3 Å². The second kappa shape index (κ2) is 6.02. The summed E-state index contributed by atoms with van der Waals surface area (Å²) in [7, 11) is 0. The molecule has 1 aromatic heterocycles. The Morgan fingerprint density at radius 2 is 2.44 bits per heavy atom. The van der Waals surface area contributed by atoms with E-state index in [1.807, 2.05) is 19.9 Å². The van der Waals surface area contributed by atoms with Gasteiger partial charge in [-0.25, -0.2) is 0 Å². The van der Waals surface area contributed by atoms with Crippen molar-refractivity contribution >= 4 is 33.2 Å². The Balaban J connectivity index is 2.68. The normalized spacial score (nSPS) is 11.9. The minimum absolute atomic E-state index is 0.0568. The van der Waals surface area contributed by atoms with E-state index >= 15 is 0 Å². The van der Waals surface area contributed by atoms with E-state index in [2.05, 4.69) is 27.3 Å². The highest BCUT2D eigenvalue weighted by atomic mass is 79.9. The molecule has 1 amide bonds. The third-order valence-electron chi connectivity index (χ3n) is 2.25. The zero-order chi connectivity index (χ0) is 12.1. The summed E-state index contributed by atoms with van der Waals surface area (Å²) < 4.78 is 0.978. The van der Waals surface area contributed by atoms with Gasteiger partial charge < -0.3 is 5.32 Å². The molecule has 3 nitrogen and oxygen atoms in total. The first-order valence-electron chi connectivity index (χ1n) is 5.02. The number of carbonyl (C=O) groups is 1. The molecule has 0 fully saturated rings. The number of hydrogen-bond donors (Lipinski definition) is 1. The van der Waals surface area contributed by atoms with Crippen LogP contribution in [0.15, 0.2) is 9.85 Å². The predicted octanol–water partition coefficient (Wildman–Crippen LogP) is 3.24. The van der Waals surface area contributed by atoms with E-state index in [4.69, 9.17) is 5.26 Å². The molecule has 0 aliphatic heterocycles. The molecule has 1 atom stereocenters. The van der Waals surface area contributed by atoms with Crippen molar-refractivity contribution in [2.45, 2.75) is 32.7 Å². The lowest BCUT2D eigenvalue weighted by Gasteiger charge is -2.12. The van der Waals surface area contributed by atoms with Crippen molar-refractivity contribution in [3.05, 3.63) is 20.3 Å². The van der Waals surface area contributed by atoms with Crippen molar-refractivity contribution in [2.75, 3.05) is 0 Å². The largest absolute Gasteiger partial charge is 0.348 e. The molecule has 0 radical (unpaired) electrons. The van der Waals surface area contributed by atoms with Crippen LogP contribution in [0.5, 0.6) is 0 Å². The molecule has 1 rings (SSSR count). The van der Waals surface area contributed by atoms with Crippen LogP contribution in [0.4, 0.5) is 0 Å². The number of nitriles is 1. The van der Waals surface area contributed by atoms with Crippen molar-refractivity contribution in [2.24, 2.45) is 0 Å². The predicted molar refractivity (Wildman–Crippen MR) is 68.5 cm³/mol. The summed E-state index contributed by atoms with van der Waals surface area (Å²) >= 11 is 4.80. The Bertz CT molecular complexity index is 403. The first-order valence-corrected chi connectivity index (χ1v) is 6.63. The molecule has 0 spiro atoms. The van der Waals surface area contributed by atoms with Gasteiger partial charge in [0.25, 0.3) is 5.91 Å². The number of aryl methyl sites for hydroxylation is 1. The molecular formula is C11H13BrN2OS. The molecule has 0 aliphatic rings. The van der Waals surface area contributed by atoms with Crippen molar-refractivity contribution in [1.29, 1.82) is 5.26 Å². The summed E-state index contributed by atoms with van der Waals surface area (Å²) in [5, 5.41) is 11.4. The smallest absolute Gasteiger partial charge is 0.261 e. The van der Waals surface area contributed by atoms with E-state index < -0.39 is 0 Å². The van der Waals surface area contributed by atoms with E-state index in [-0.39, 0.29) is 11.9 Å². The van der Waals surface area contributed by atoms with Gasteiger partial charge in [-0.05, 0) is 40.9 Å². The molecule has 1 N–H and O–H groups in total. The topological polar surface area (TPSA) is 52.9 Å². The van der Waals surface area contributed by atoms with Crippen LogP contribution in [0.25, 0.3) is 0 Å². The lowest BCUT2D eigenvalue weighted by molar-refractivity contribution is 0.0940. The highest BCUT2D eigenvalue weighted by molar-refractivity contribution is 9.11. The first-order chi connectivity index (χ1) is 7.58. The van der Waals surface area contributed by atoms with Crippen LogP contribution in [0.1, 0.15) is 35.0 Å². The number of carbonyl (C=O) groups excluding carboxylic acids is 1. The van der Waals surface area contributed by atoms with Crippen LogP contribution < -0.4 is 5.32 Å². The summed E-state index contributed by atoms with van der Waals surface area (Å²) in [4.78, 5) is 12.5. The number of nitrogens with one attached hydrogen (secondary N) is 1. The summed E-state index contributed by atoms with van der Waals surface area (Å²) in [6.07, 6.45) is 1.12. The van der Waals surface area contributed by atoms with Gasteiger partial charge in [-0.15, -0.1) is 11.3 Å². The molecule has 0 bridgehead atoms. The molecular weight excluding hydrogens is 288 g/mol. The minimum atomic E-state index is -0.0964. The molecule has 1 unspecified atom stereocenters. The van der Waals surface area contributed by atoms with E-state index in [0.29, 0.717) is 11.3 Å². The minimum Gasteiger partial charge on any atom is -0.348 e. The van der Waals surface area contributed by atoms with Gasteiger partial charge >= 0.3 is 0 Å². The van der Waals surface area contributed by atoms with E-state index in [9.17, 15) is 4.79 Å². The lowest BCUT2D eigenvalue weighted by Crippen LogP contribution is -2.33. The molecule has 86 valence electrons. The maximum Gasteiger partial charge on any atom is 0.261 e. The summed E-state index contributed by atoms with van der Waals surface area (Å²) in [6, 6.07) is 3.87. The Hall–Kier alpha value is -0.860. The average molecular weight is 301 g/mol. The second-order valence-electron chi connectivity index (χ2n) is 3.51. The Morgan fingerprint density at radius 1 is 1.75 bits per heavy atom. The second-order valence-corrected chi connectivity index (χ2v) is 5.88. The van der Waals surface area contributed by atoms with Gasteiger partial charge in [-0.3, -0.25) is 4.79 Å². The molecule has 1 heterocycles. The Kier molecular flexibility index (Phi) is 4.97. The van der Waals surface area contributed by atoms with E-state index in [0.717, 1.165) is 15.8 Å². The van der Waals surface area contributed by atoms with E-state index in [1.165, 1.54) is 11.3 Å². The Labute approximate surface area is 108 Å². The lowest BCUT2D eigenvalue weighted by atomic mass is 10.1. The molecule has 16 heavy (non-hydrogen) atoms. The zero-order valence-electron chi connectivity index (χ0n) is 9.21. The molecule has 5 heteroatoms. The number of rotatable bonds is 4. The fourth-order valence-electron chi connectivity index (χ4n) is 1.24. The highest BCUT2D eigenvalue weighted by Gasteiger charge is 2.14. The van der Waals surface area contributed by atoms with Crippen LogP contribution in [-0.4, -0.2) is 11.9 Å². The van der Waals surface area contributed by atoms with Crippen LogP contribution in [0.3, 0.4) is 0 Å². The number of hydrogen-bond acceptors (Lipinski definition) is 3. The molecule has 0 saturated carbocycles. The van der Waals surface area contributed by atoms with Crippen molar-refractivity contribution < 1.29 is 4.79 Å². The summed E-state index contributed by atoms with van der Waals surface area (Å²) in [5.41, 5.74) is 1.06. The van der Waals surface area contributed by atoms with Crippen LogP contribution >= 0.6 is 27.3 Å². The number of amides is 1. The molecule has 0 aliphatic carbocycles. The Morgan fingerprint density at radius 3 is 2.88 bits per heavy atom. The van der Waals surface area contributed by atoms with Gasteiger partial charge in [0.05, 0.1) is 21.2 Å². The SMILES string of the molecule is CCC(CC#N)NC(=O)c1cc(C)c(Br)s1. The van der Waals surface area contributed by atoms with E-state index in [1.54, 1.807) is 0 Å². The van der Waals surface area contributed by atoms with Crippen molar-refractivity contribution in [1.82, 2.24) is 5.32 Å². The van der Waals surface area contributed by atoms with Gasteiger partial charge in [0.2, 0.25) is 0 Å². The summed E-state index contributed by atoms with van der Waals surface area (Å²) in [5.74, 6) is -0.0964. The number of halogens is 1. The van der Waals surface area contributed by atoms with Gasteiger partial charge in [0, 0.05) is 6.04 Å². The average Bonchev–Trinajstić information content (AvgIpc) is 2.58. The van der Waals surface area contributed by atoms with Crippen molar-refractivity contribution in [3.8, 4) is 6.07 Å². The van der Waals surface area contributed by atoms with Gasteiger partial charge in [0.1, 0.15) is 0 Å². The fraction of sp³-hybridized carbons (Fsp3) is 0.455. The number of thiophene rings is 1. The quantitative estimate of drug-likeness (QED) is 0.928. The van der Waals surface area contributed by atoms with Gasteiger partial charge in [-0.1, -0.05) is 6.92 Å². The van der Waals surface area contributed by atoms with Crippen LogP contribution in [-0.2, 0) is 0 Å². The van der Waals surface area contributed by atoms with Gasteiger partial charge in [-0.2, -0.15) is 5.26 Å². The maximum absolute atomic E-state index is 11.8. The summed E-state index contributed by atoms with van der Waals surface area (Å²) in [6.45, 7) is 3.90. The molecule has 0 aromatic carbocycles. The molecule has 0 saturated heterocycles. The number of nitrogens with zero attached hydrogens (tertiary/aromatic N) is 1.